The average Bonchev–Trinajstić information content (AvgIpc) is 2.91. The Morgan fingerprint density at radius 1 is 1.26 bits per heavy atom. The molecule has 0 aliphatic rings. The molecule has 1 unspecified atom stereocenters. The number of nitrogens with one attached hydrogen (secondary N) is 1. The van der Waals surface area contributed by atoms with E-state index in [1.165, 1.54) is 6.07 Å². The number of hydrogen-bond donors (Lipinski definition) is 1. The van der Waals surface area contributed by atoms with Gasteiger partial charge in [0.05, 0.1) is 6.26 Å². The van der Waals surface area contributed by atoms with Crippen LogP contribution in [0.4, 0.5) is 4.39 Å². The Bertz CT molecular complexity index is 481. The largest absolute Gasteiger partial charge is 0.469 e. The zero-order valence-electron chi connectivity index (χ0n) is 11.2. The minimum Gasteiger partial charge on any atom is -0.469 e. The van der Waals surface area contributed by atoms with Gasteiger partial charge in [0.2, 0.25) is 0 Å². The fourth-order valence-corrected chi connectivity index (χ4v) is 2.19. The lowest BCUT2D eigenvalue weighted by molar-refractivity contribution is 0.471. The number of halogens is 1. The summed E-state index contributed by atoms with van der Waals surface area (Å²) in [6.07, 6.45) is 3.56. The highest BCUT2D eigenvalue weighted by Crippen LogP contribution is 2.21. The maximum atomic E-state index is 13.4. The molecule has 0 amide bonds. The van der Waals surface area contributed by atoms with Crippen molar-refractivity contribution in [3.8, 4) is 0 Å². The predicted molar refractivity (Wildman–Crippen MR) is 74.7 cm³/mol. The van der Waals surface area contributed by atoms with Crippen LogP contribution in [0.15, 0.2) is 47.1 Å². The average molecular weight is 261 g/mol. The summed E-state index contributed by atoms with van der Waals surface area (Å²) in [4.78, 5) is 0. The molecule has 0 fully saturated rings. The molecule has 1 N–H and O–H groups in total. The van der Waals surface area contributed by atoms with Crippen LogP contribution in [0.2, 0.25) is 0 Å². The van der Waals surface area contributed by atoms with E-state index < -0.39 is 0 Å². The molecule has 0 saturated heterocycles. The number of rotatable bonds is 7. The van der Waals surface area contributed by atoms with Gasteiger partial charge in [0.25, 0.3) is 0 Å². The van der Waals surface area contributed by atoms with Crippen LogP contribution >= 0.6 is 0 Å². The highest BCUT2D eigenvalue weighted by Gasteiger charge is 2.14. The van der Waals surface area contributed by atoms with Crippen LogP contribution in [0.3, 0.4) is 0 Å². The van der Waals surface area contributed by atoms with E-state index in [1.54, 1.807) is 18.4 Å². The van der Waals surface area contributed by atoms with Crippen molar-refractivity contribution in [3.05, 3.63) is 59.8 Å². The van der Waals surface area contributed by atoms with Gasteiger partial charge in [0, 0.05) is 18.9 Å². The number of furan rings is 1. The van der Waals surface area contributed by atoms with Crippen molar-refractivity contribution in [2.24, 2.45) is 0 Å². The fourth-order valence-electron chi connectivity index (χ4n) is 2.19. The van der Waals surface area contributed by atoms with E-state index in [0.29, 0.717) is 0 Å². The highest BCUT2D eigenvalue weighted by atomic mass is 19.1. The first-order valence-electron chi connectivity index (χ1n) is 6.78. The zero-order valence-corrected chi connectivity index (χ0v) is 11.2. The molecule has 0 aliphatic heterocycles. The molecular formula is C16H20FNO. The van der Waals surface area contributed by atoms with Crippen LogP contribution in [0.1, 0.15) is 30.6 Å². The maximum Gasteiger partial charge on any atom is 0.123 e. The molecule has 0 radical (unpaired) electrons. The van der Waals surface area contributed by atoms with Crippen molar-refractivity contribution < 1.29 is 8.81 Å². The molecule has 2 nitrogen and oxygen atoms in total. The molecular weight excluding hydrogens is 241 g/mol. The summed E-state index contributed by atoms with van der Waals surface area (Å²) in [5, 5.41) is 3.40. The Morgan fingerprint density at radius 3 is 2.84 bits per heavy atom. The Labute approximate surface area is 113 Å². The SMILES string of the molecule is CCCNCC(Cc1ccco1)c1cccc(F)c1. The van der Waals surface area contributed by atoms with Gasteiger partial charge < -0.3 is 9.73 Å². The van der Waals surface area contributed by atoms with Crippen molar-refractivity contribution in [1.29, 1.82) is 0 Å². The lowest BCUT2D eigenvalue weighted by Gasteiger charge is -2.17. The second-order valence-corrected chi connectivity index (χ2v) is 4.74. The lowest BCUT2D eigenvalue weighted by atomic mass is 9.94. The van der Waals surface area contributed by atoms with Gasteiger partial charge in [0.15, 0.2) is 0 Å². The van der Waals surface area contributed by atoms with Crippen LogP contribution in [0.25, 0.3) is 0 Å². The number of benzene rings is 1. The molecule has 0 saturated carbocycles. The molecule has 1 heterocycles. The minimum absolute atomic E-state index is 0.183. The van der Waals surface area contributed by atoms with Gasteiger partial charge >= 0.3 is 0 Å². The van der Waals surface area contributed by atoms with Gasteiger partial charge in [-0.1, -0.05) is 19.1 Å². The molecule has 2 aromatic rings. The molecule has 102 valence electrons. The van der Waals surface area contributed by atoms with Crippen molar-refractivity contribution in [3.63, 3.8) is 0 Å². The molecule has 0 bridgehead atoms. The van der Waals surface area contributed by atoms with Gasteiger partial charge in [-0.25, -0.2) is 4.39 Å². The summed E-state index contributed by atoms with van der Waals surface area (Å²) in [6, 6.07) is 10.7. The summed E-state index contributed by atoms with van der Waals surface area (Å²) >= 11 is 0. The van der Waals surface area contributed by atoms with E-state index in [4.69, 9.17) is 4.42 Å². The number of hydrogen-bond acceptors (Lipinski definition) is 2. The Kier molecular flexibility index (Phi) is 5.16. The van der Waals surface area contributed by atoms with E-state index in [9.17, 15) is 4.39 Å². The molecule has 0 aliphatic carbocycles. The topological polar surface area (TPSA) is 25.2 Å². The summed E-state index contributed by atoms with van der Waals surface area (Å²) in [5.41, 5.74) is 1.01. The molecule has 19 heavy (non-hydrogen) atoms. The molecule has 2 rings (SSSR count). The van der Waals surface area contributed by atoms with Crippen LogP contribution in [0.5, 0.6) is 0 Å². The van der Waals surface area contributed by atoms with Crippen LogP contribution in [-0.4, -0.2) is 13.1 Å². The van der Waals surface area contributed by atoms with Gasteiger partial charge in [0.1, 0.15) is 11.6 Å². The minimum atomic E-state index is -0.183. The first kappa shape index (κ1) is 13.8. The van der Waals surface area contributed by atoms with E-state index in [1.807, 2.05) is 18.2 Å². The van der Waals surface area contributed by atoms with Crippen LogP contribution in [-0.2, 0) is 6.42 Å². The predicted octanol–water partition coefficient (Wildman–Crippen LogP) is 3.74. The van der Waals surface area contributed by atoms with Gasteiger partial charge in [-0.05, 0) is 42.8 Å². The van der Waals surface area contributed by atoms with Crippen LogP contribution < -0.4 is 5.32 Å². The Balaban J connectivity index is 2.08. The summed E-state index contributed by atoms with van der Waals surface area (Å²) in [5.74, 6) is 0.985. The van der Waals surface area contributed by atoms with E-state index in [2.05, 4.69) is 12.2 Å². The third-order valence-corrected chi connectivity index (χ3v) is 3.17. The quantitative estimate of drug-likeness (QED) is 0.768. The first-order chi connectivity index (χ1) is 9.29. The normalized spacial score (nSPS) is 12.5. The first-order valence-corrected chi connectivity index (χ1v) is 6.78. The van der Waals surface area contributed by atoms with E-state index >= 15 is 0 Å². The molecule has 0 spiro atoms. The van der Waals surface area contributed by atoms with Crippen molar-refractivity contribution in [2.75, 3.05) is 13.1 Å². The summed E-state index contributed by atoms with van der Waals surface area (Å²) in [6.45, 7) is 3.94. The van der Waals surface area contributed by atoms with Gasteiger partial charge in [-0.2, -0.15) is 0 Å². The summed E-state index contributed by atoms with van der Waals surface area (Å²) in [7, 11) is 0. The smallest absolute Gasteiger partial charge is 0.123 e. The van der Waals surface area contributed by atoms with Crippen LogP contribution in [0, 0.1) is 5.82 Å². The molecule has 1 aromatic carbocycles. The fraction of sp³-hybridized carbons (Fsp3) is 0.375. The molecule has 1 atom stereocenters. The third kappa shape index (κ3) is 4.21. The lowest BCUT2D eigenvalue weighted by Crippen LogP contribution is -2.23. The van der Waals surface area contributed by atoms with Gasteiger partial charge in [-0.3, -0.25) is 0 Å². The Hall–Kier alpha value is -1.61. The molecule has 1 aromatic heterocycles. The Morgan fingerprint density at radius 2 is 2.16 bits per heavy atom. The monoisotopic (exact) mass is 261 g/mol. The van der Waals surface area contributed by atoms with Crippen molar-refractivity contribution >= 4 is 0 Å². The van der Waals surface area contributed by atoms with Gasteiger partial charge in [-0.15, -0.1) is 0 Å². The van der Waals surface area contributed by atoms with E-state index in [-0.39, 0.29) is 11.7 Å². The van der Waals surface area contributed by atoms with Crippen molar-refractivity contribution in [2.45, 2.75) is 25.7 Å². The maximum absolute atomic E-state index is 13.4. The standard InChI is InChI=1S/C16H20FNO/c1-2-8-18-12-14(11-16-7-4-9-19-16)13-5-3-6-15(17)10-13/h3-7,9-10,14,18H,2,8,11-12H2,1H3. The highest BCUT2D eigenvalue weighted by molar-refractivity contribution is 5.22. The zero-order chi connectivity index (χ0) is 13.5. The molecule has 3 heteroatoms. The van der Waals surface area contributed by atoms with Crippen molar-refractivity contribution in [1.82, 2.24) is 5.32 Å². The summed E-state index contributed by atoms with van der Waals surface area (Å²) < 4.78 is 18.8. The van der Waals surface area contributed by atoms with E-state index in [0.717, 1.165) is 37.3 Å². The second-order valence-electron chi connectivity index (χ2n) is 4.74. The third-order valence-electron chi connectivity index (χ3n) is 3.17. The second kappa shape index (κ2) is 7.10.